The molecule has 0 aliphatic carbocycles. The smallest absolute Gasteiger partial charge is 0.182 e. The maximum atomic E-state index is 6.87. The number of hydrogen-bond acceptors (Lipinski definition) is 2. The molecule has 1 rings (SSSR count). The van der Waals surface area contributed by atoms with Crippen molar-refractivity contribution in [2.45, 2.75) is 13.8 Å². The second-order valence-electron chi connectivity index (χ2n) is 1.69. The van der Waals surface area contributed by atoms with Crippen molar-refractivity contribution in [3.8, 4) is 0 Å². The molecule has 0 saturated carbocycles. The Morgan fingerprint density at radius 1 is 1.55 bits per heavy atom. The van der Waals surface area contributed by atoms with E-state index in [1.165, 1.54) is 11.0 Å². The van der Waals surface area contributed by atoms with Crippen molar-refractivity contribution >= 4 is 12.3 Å². The average molecular weight is 154 g/mol. The van der Waals surface area contributed by atoms with Gasteiger partial charge in [-0.2, -0.15) is 0 Å². The molecule has 3 nitrogen and oxygen atoms in total. The summed E-state index contributed by atoms with van der Waals surface area (Å²) in [5, 5.41) is 6.87. The minimum Gasteiger partial charge on any atom is -0.377 e. The lowest BCUT2D eigenvalue weighted by molar-refractivity contribution is 0.235. The predicted octanol–water partition coefficient (Wildman–Crippen LogP) is 2.28. The molecule has 0 aliphatic rings. The SMILES string of the molecule is C=Cc1on(C)c1C=N.CC. The summed E-state index contributed by atoms with van der Waals surface area (Å²) in [4.78, 5) is 0. The lowest BCUT2D eigenvalue weighted by Crippen LogP contribution is -2.08. The first-order valence-corrected chi connectivity index (χ1v) is 3.58. The van der Waals surface area contributed by atoms with Crippen molar-refractivity contribution < 1.29 is 4.52 Å². The molecular formula is C8H14N2O. The summed E-state index contributed by atoms with van der Waals surface area (Å²) in [6.07, 6.45) is 2.82. The van der Waals surface area contributed by atoms with Gasteiger partial charge in [-0.05, 0) is 6.08 Å². The van der Waals surface area contributed by atoms with Gasteiger partial charge >= 0.3 is 0 Å². The number of nitrogens with one attached hydrogen (secondary N) is 1. The van der Waals surface area contributed by atoms with E-state index in [1.54, 1.807) is 13.1 Å². The van der Waals surface area contributed by atoms with Crippen LogP contribution < -0.4 is 0 Å². The molecule has 0 unspecified atom stereocenters. The Bertz CT molecular complexity index is 233. The van der Waals surface area contributed by atoms with E-state index in [0.717, 1.165) is 5.69 Å². The molecule has 0 bridgehead atoms. The summed E-state index contributed by atoms with van der Waals surface area (Å²) in [5.74, 6) is 0.674. The standard InChI is InChI=1S/C6H8N2O.C2H6/c1-3-6-5(4-7)8(2)9-6;1-2/h3-4,7H,1H2,2H3;1-2H3. The second-order valence-corrected chi connectivity index (χ2v) is 1.69. The first-order chi connectivity index (χ1) is 5.29. The fourth-order valence-electron chi connectivity index (χ4n) is 0.663. The van der Waals surface area contributed by atoms with Gasteiger partial charge in [-0.25, -0.2) is 4.74 Å². The number of rotatable bonds is 2. The maximum absolute atomic E-state index is 6.87. The Balaban J connectivity index is 0.000000461. The summed E-state index contributed by atoms with van der Waals surface area (Å²) < 4.78 is 6.45. The quantitative estimate of drug-likeness (QED) is 0.652. The van der Waals surface area contributed by atoms with E-state index >= 15 is 0 Å². The molecule has 1 heterocycles. The summed E-state index contributed by atoms with van der Waals surface area (Å²) in [6.45, 7) is 7.50. The Labute approximate surface area is 66.8 Å². The minimum atomic E-state index is 0.674. The van der Waals surface area contributed by atoms with Crippen LogP contribution in [0.5, 0.6) is 0 Å². The van der Waals surface area contributed by atoms with Crippen molar-refractivity contribution in [3.63, 3.8) is 0 Å². The van der Waals surface area contributed by atoms with Crippen LogP contribution in [0, 0.1) is 5.41 Å². The monoisotopic (exact) mass is 154 g/mol. The number of aromatic nitrogens is 1. The topological polar surface area (TPSA) is 41.9 Å². The molecule has 11 heavy (non-hydrogen) atoms. The molecule has 0 atom stereocenters. The van der Waals surface area contributed by atoms with Crippen molar-refractivity contribution in [3.05, 3.63) is 18.0 Å². The summed E-state index contributed by atoms with van der Waals surface area (Å²) in [6, 6.07) is 0. The fraction of sp³-hybridized carbons (Fsp3) is 0.375. The maximum Gasteiger partial charge on any atom is 0.182 e. The molecular weight excluding hydrogens is 140 g/mol. The van der Waals surface area contributed by atoms with Gasteiger partial charge in [0.05, 0.1) is 0 Å². The zero-order chi connectivity index (χ0) is 8.85. The van der Waals surface area contributed by atoms with E-state index in [9.17, 15) is 0 Å². The van der Waals surface area contributed by atoms with Crippen LogP contribution in [0.3, 0.4) is 0 Å². The molecule has 0 aromatic carbocycles. The van der Waals surface area contributed by atoms with Crippen LogP contribution in [0.25, 0.3) is 6.08 Å². The van der Waals surface area contributed by atoms with E-state index in [4.69, 9.17) is 9.93 Å². The minimum absolute atomic E-state index is 0.674. The summed E-state index contributed by atoms with van der Waals surface area (Å²) in [7, 11) is 1.74. The van der Waals surface area contributed by atoms with E-state index < -0.39 is 0 Å². The van der Waals surface area contributed by atoms with E-state index in [2.05, 4.69) is 6.58 Å². The van der Waals surface area contributed by atoms with Crippen molar-refractivity contribution in [1.29, 1.82) is 5.41 Å². The van der Waals surface area contributed by atoms with Gasteiger partial charge < -0.3 is 9.93 Å². The molecule has 62 valence electrons. The van der Waals surface area contributed by atoms with Gasteiger partial charge in [0.15, 0.2) is 5.76 Å². The fourth-order valence-corrected chi connectivity index (χ4v) is 0.663. The molecule has 0 saturated heterocycles. The van der Waals surface area contributed by atoms with Gasteiger partial charge in [0.1, 0.15) is 5.69 Å². The Kier molecular flexibility index (Phi) is 4.03. The molecule has 1 N–H and O–H groups in total. The first kappa shape index (κ1) is 9.75. The van der Waals surface area contributed by atoms with Crippen LogP contribution in [0.1, 0.15) is 25.3 Å². The highest BCUT2D eigenvalue weighted by molar-refractivity contribution is 5.79. The van der Waals surface area contributed by atoms with Crippen LogP contribution in [0.4, 0.5) is 0 Å². The lowest BCUT2D eigenvalue weighted by atomic mass is 10.3. The highest BCUT2D eigenvalue weighted by Gasteiger charge is 2.06. The third-order valence-corrected chi connectivity index (χ3v) is 1.15. The van der Waals surface area contributed by atoms with Crippen molar-refractivity contribution in [2.24, 2.45) is 7.05 Å². The van der Waals surface area contributed by atoms with Crippen LogP contribution in [0.2, 0.25) is 0 Å². The van der Waals surface area contributed by atoms with Gasteiger partial charge in [-0.1, -0.05) is 20.4 Å². The Morgan fingerprint density at radius 2 is 2.09 bits per heavy atom. The van der Waals surface area contributed by atoms with Crippen molar-refractivity contribution in [2.75, 3.05) is 0 Å². The number of nitrogens with zero attached hydrogens (tertiary/aromatic N) is 1. The number of hydrogen-bond donors (Lipinski definition) is 1. The molecule has 0 amide bonds. The predicted molar refractivity (Wildman–Crippen MR) is 47.0 cm³/mol. The second kappa shape index (κ2) is 4.55. The zero-order valence-electron chi connectivity index (χ0n) is 7.22. The summed E-state index contributed by atoms with van der Waals surface area (Å²) >= 11 is 0. The lowest BCUT2D eigenvalue weighted by Gasteiger charge is -2.09. The third kappa shape index (κ3) is 1.83. The van der Waals surface area contributed by atoms with E-state index in [-0.39, 0.29) is 0 Å². The first-order valence-electron chi connectivity index (χ1n) is 3.58. The van der Waals surface area contributed by atoms with E-state index in [1.807, 2.05) is 13.8 Å². The van der Waals surface area contributed by atoms with Crippen LogP contribution in [-0.4, -0.2) is 11.0 Å². The van der Waals surface area contributed by atoms with Gasteiger partial charge in [0, 0.05) is 13.3 Å². The van der Waals surface area contributed by atoms with Crippen LogP contribution in [0.15, 0.2) is 11.1 Å². The molecule has 0 radical (unpaired) electrons. The molecule has 0 spiro atoms. The highest BCUT2D eigenvalue weighted by atomic mass is 16.5. The van der Waals surface area contributed by atoms with Gasteiger partial charge in [-0.3, -0.25) is 0 Å². The average Bonchev–Trinajstić information content (AvgIpc) is 2.04. The van der Waals surface area contributed by atoms with Crippen LogP contribution in [-0.2, 0) is 7.05 Å². The van der Waals surface area contributed by atoms with Gasteiger partial charge in [-0.15, -0.1) is 0 Å². The molecule has 1 aromatic rings. The van der Waals surface area contributed by atoms with Crippen molar-refractivity contribution in [1.82, 2.24) is 4.74 Å². The molecule has 0 aliphatic heterocycles. The van der Waals surface area contributed by atoms with Gasteiger partial charge in [0.25, 0.3) is 0 Å². The van der Waals surface area contributed by atoms with Crippen LogP contribution >= 0.6 is 0 Å². The Morgan fingerprint density at radius 3 is 2.27 bits per heavy atom. The molecule has 3 heteroatoms. The largest absolute Gasteiger partial charge is 0.377 e. The highest BCUT2D eigenvalue weighted by Crippen LogP contribution is 2.10. The number of aryl methyl sites for hydroxylation is 1. The van der Waals surface area contributed by atoms with E-state index in [0.29, 0.717) is 5.76 Å². The van der Waals surface area contributed by atoms with Gasteiger partial charge in [0.2, 0.25) is 0 Å². The Hall–Kier alpha value is -1.25. The normalized spacial score (nSPS) is 8.27. The summed E-state index contributed by atoms with van der Waals surface area (Å²) in [5.41, 5.74) is 0.769. The molecule has 0 fully saturated rings. The zero-order valence-corrected chi connectivity index (χ0v) is 7.22. The third-order valence-electron chi connectivity index (χ3n) is 1.15. The molecule has 1 aromatic heterocycles.